The third kappa shape index (κ3) is 5.73. The first-order valence-corrected chi connectivity index (χ1v) is 8.57. The van der Waals surface area contributed by atoms with Crippen molar-refractivity contribution in [3.8, 4) is 0 Å². The van der Waals surface area contributed by atoms with Crippen molar-refractivity contribution in [1.82, 2.24) is 15.2 Å². The van der Waals surface area contributed by atoms with Crippen LogP contribution in [0.5, 0.6) is 0 Å². The molecule has 0 saturated carbocycles. The first kappa shape index (κ1) is 15.8. The Morgan fingerprint density at radius 1 is 1.52 bits per heavy atom. The van der Waals surface area contributed by atoms with Crippen molar-refractivity contribution >= 4 is 41.2 Å². The molecule has 0 aliphatic rings. The van der Waals surface area contributed by atoms with Crippen LogP contribution in [0.1, 0.15) is 30.5 Å². The number of ether oxygens (including phenoxy) is 1. The number of hydrogen-bond donors (Lipinski definition) is 1. The molecule has 0 spiro atoms. The standard InChI is InChI=1S/C14H17N3O2S2/c1-2-3-8-19-13(18)10-21-14-15-12(16-17-14)7-6-11-5-4-9-20-11/h4-7,9H,2-3,8,10H2,1H3,(H,15,16,17)/b7-6+. The zero-order valence-electron chi connectivity index (χ0n) is 11.7. The fraction of sp³-hybridized carbons (Fsp3) is 0.357. The predicted octanol–water partition coefficient (Wildman–Crippen LogP) is 3.47. The van der Waals surface area contributed by atoms with Crippen LogP contribution in [0, 0.1) is 0 Å². The quantitative estimate of drug-likeness (QED) is 0.458. The van der Waals surface area contributed by atoms with Gasteiger partial charge in [-0.1, -0.05) is 31.2 Å². The number of aromatic amines is 1. The van der Waals surface area contributed by atoms with Gasteiger partial charge in [0.15, 0.2) is 0 Å². The van der Waals surface area contributed by atoms with Gasteiger partial charge in [-0.15, -0.1) is 16.4 Å². The van der Waals surface area contributed by atoms with E-state index >= 15 is 0 Å². The maximum atomic E-state index is 11.5. The summed E-state index contributed by atoms with van der Waals surface area (Å²) in [6.07, 6.45) is 5.75. The molecule has 0 aromatic carbocycles. The summed E-state index contributed by atoms with van der Waals surface area (Å²) in [5.41, 5.74) is 0. The molecule has 1 N–H and O–H groups in total. The molecule has 0 unspecified atom stereocenters. The fourth-order valence-corrected chi connectivity index (χ4v) is 2.66. The van der Waals surface area contributed by atoms with E-state index in [2.05, 4.69) is 22.1 Å². The lowest BCUT2D eigenvalue weighted by Gasteiger charge is -2.01. The van der Waals surface area contributed by atoms with Crippen LogP contribution in [-0.2, 0) is 9.53 Å². The highest BCUT2D eigenvalue weighted by molar-refractivity contribution is 7.99. The average Bonchev–Trinajstić information content (AvgIpc) is 3.15. The molecule has 0 radical (unpaired) electrons. The number of thioether (sulfide) groups is 1. The molecule has 112 valence electrons. The summed E-state index contributed by atoms with van der Waals surface area (Å²) < 4.78 is 5.07. The largest absolute Gasteiger partial charge is 0.465 e. The Labute approximate surface area is 131 Å². The van der Waals surface area contributed by atoms with Gasteiger partial charge < -0.3 is 4.74 Å². The number of nitrogens with zero attached hydrogens (tertiary/aromatic N) is 2. The summed E-state index contributed by atoms with van der Waals surface area (Å²) in [5.74, 6) is 0.675. The summed E-state index contributed by atoms with van der Waals surface area (Å²) in [4.78, 5) is 16.9. The van der Waals surface area contributed by atoms with Gasteiger partial charge in [0.1, 0.15) is 5.82 Å². The van der Waals surface area contributed by atoms with Crippen LogP contribution in [0.3, 0.4) is 0 Å². The number of carbonyl (C=O) groups excluding carboxylic acids is 1. The Morgan fingerprint density at radius 3 is 3.19 bits per heavy atom. The van der Waals surface area contributed by atoms with Gasteiger partial charge in [0, 0.05) is 4.88 Å². The minimum Gasteiger partial charge on any atom is -0.465 e. The predicted molar refractivity (Wildman–Crippen MR) is 86.2 cm³/mol. The Hall–Kier alpha value is -1.60. The minimum atomic E-state index is -0.228. The molecule has 5 nitrogen and oxygen atoms in total. The van der Waals surface area contributed by atoms with Crippen LogP contribution in [0.2, 0.25) is 0 Å². The van der Waals surface area contributed by atoms with Crippen LogP contribution in [0.4, 0.5) is 0 Å². The molecule has 0 bridgehead atoms. The zero-order valence-corrected chi connectivity index (χ0v) is 13.4. The van der Waals surface area contributed by atoms with Crippen LogP contribution in [0.15, 0.2) is 22.7 Å². The van der Waals surface area contributed by atoms with E-state index in [4.69, 9.17) is 4.74 Å². The maximum absolute atomic E-state index is 11.5. The van der Waals surface area contributed by atoms with Crippen molar-refractivity contribution in [3.05, 3.63) is 28.2 Å². The van der Waals surface area contributed by atoms with E-state index in [0.717, 1.165) is 17.7 Å². The third-order valence-electron chi connectivity index (χ3n) is 2.51. The molecule has 7 heteroatoms. The Balaban J connectivity index is 1.76. The number of hydrogen-bond acceptors (Lipinski definition) is 6. The van der Waals surface area contributed by atoms with E-state index in [0.29, 0.717) is 17.6 Å². The summed E-state index contributed by atoms with van der Waals surface area (Å²) >= 11 is 2.93. The van der Waals surface area contributed by atoms with E-state index in [9.17, 15) is 4.79 Å². The van der Waals surface area contributed by atoms with Crippen LogP contribution >= 0.6 is 23.1 Å². The topological polar surface area (TPSA) is 67.9 Å². The third-order valence-corrected chi connectivity index (χ3v) is 4.17. The van der Waals surface area contributed by atoms with Crippen LogP contribution in [0.25, 0.3) is 12.2 Å². The Morgan fingerprint density at radius 2 is 2.43 bits per heavy atom. The van der Waals surface area contributed by atoms with Crippen LogP contribution in [-0.4, -0.2) is 33.5 Å². The molecular weight excluding hydrogens is 306 g/mol. The second kappa shape index (κ2) is 8.63. The normalized spacial score (nSPS) is 11.1. The Bertz CT molecular complexity index is 579. The zero-order chi connectivity index (χ0) is 14.9. The van der Waals surface area contributed by atoms with Gasteiger partial charge in [-0.25, -0.2) is 4.98 Å². The molecule has 0 aliphatic carbocycles. The van der Waals surface area contributed by atoms with Crippen molar-refractivity contribution in [2.24, 2.45) is 0 Å². The number of nitrogens with one attached hydrogen (secondary N) is 1. The lowest BCUT2D eigenvalue weighted by molar-refractivity contribution is -0.140. The number of esters is 1. The molecule has 2 rings (SSSR count). The van der Waals surface area contributed by atoms with Crippen molar-refractivity contribution in [2.45, 2.75) is 24.9 Å². The fourth-order valence-electron chi connectivity index (χ4n) is 1.44. The molecule has 2 aromatic heterocycles. The average molecular weight is 323 g/mol. The summed E-state index contributed by atoms with van der Waals surface area (Å²) in [6.45, 7) is 2.54. The molecule has 2 aromatic rings. The molecule has 21 heavy (non-hydrogen) atoms. The summed E-state index contributed by atoms with van der Waals surface area (Å²) in [6, 6.07) is 4.02. The Kier molecular flexibility index (Phi) is 6.49. The number of aromatic nitrogens is 3. The summed E-state index contributed by atoms with van der Waals surface area (Å²) in [7, 11) is 0. The van der Waals surface area contributed by atoms with Gasteiger partial charge in [-0.2, -0.15) is 0 Å². The highest BCUT2D eigenvalue weighted by Crippen LogP contribution is 2.15. The monoisotopic (exact) mass is 323 g/mol. The highest BCUT2D eigenvalue weighted by atomic mass is 32.2. The maximum Gasteiger partial charge on any atom is 0.316 e. The van der Waals surface area contributed by atoms with E-state index in [-0.39, 0.29) is 11.7 Å². The van der Waals surface area contributed by atoms with E-state index in [1.54, 1.807) is 11.3 Å². The van der Waals surface area contributed by atoms with Crippen LogP contribution < -0.4 is 0 Å². The lowest BCUT2D eigenvalue weighted by Crippen LogP contribution is -2.08. The molecule has 2 heterocycles. The van der Waals surface area contributed by atoms with Gasteiger partial charge in [0.05, 0.1) is 12.4 Å². The minimum absolute atomic E-state index is 0.228. The first-order valence-electron chi connectivity index (χ1n) is 6.70. The van der Waals surface area contributed by atoms with Gasteiger partial charge >= 0.3 is 5.97 Å². The second-order valence-corrected chi connectivity index (χ2v) is 6.14. The van der Waals surface area contributed by atoms with E-state index in [1.165, 1.54) is 11.8 Å². The van der Waals surface area contributed by atoms with Crippen molar-refractivity contribution in [3.63, 3.8) is 0 Å². The van der Waals surface area contributed by atoms with Gasteiger partial charge in [-0.05, 0) is 30.0 Å². The molecule has 0 amide bonds. The number of thiophene rings is 1. The van der Waals surface area contributed by atoms with Gasteiger partial charge in [0.2, 0.25) is 5.16 Å². The van der Waals surface area contributed by atoms with E-state index < -0.39 is 0 Å². The number of H-pyrrole nitrogens is 1. The molecular formula is C14H17N3O2S2. The van der Waals surface area contributed by atoms with Crippen molar-refractivity contribution in [2.75, 3.05) is 12.4 Å². The first-order chi connectivity index (χ1) is 10.3. The molecule has 0 fully saturated rings. The molecule has 0 aliphatic heterocycles. The second-order valence-electron chi connectivity index (χ2n) is 4.21. The van der Waals surface area contributed by atoms with Crippen molar-refractivity contribution in [1.29, 1.82) is 0 Å². The summed E-state index contributed by atoms with van der Waals surface area (Å²) in [5, 5.41) is 9.45. The van der Waals surface area contributed by atoms with E-state index in [1.807, 2.05) is 29.7 Å². The van der Waals surface area contributed by atoms with Gasteiger partial charge in [0.25, 0.3) is 0 Å². The lowest BCUT2D eigenvalue weighted by atomic mass is 10.4. The number of unbranched alkanes of at least 4 members (excludes halogenated alkanes) is 1. The van der Waals surface area contributed by atoms with Crippen molar-refractivity contribution < 1.29 is 9.53 Å². The smallest absolute Gasteiger partial charge is 0.316 e. The molecule has 0 atom stereocenters. The SMILES string of the molecule is CCCCOC(=O)CSc1n[nH]c(/C=C/c2cccs2)n1. The number of carbonyl (C=O) groups is 1. The highest BCUT2D eigenvalue weighted by Gasteiger charge is 2.07. The molecule has 0 saturated heterocycles. The van der Waals surface area contributed by atoms with Gasteiger partial charge in [-0.3, -0.25) is 9.89 Å². The number of rotatable bonds is 8.